The molecule has 1 aromatic carbocycles. The molecule has 2 atom stereocenters. The molecule has 0 spiro atoms. The zero-order valence-electron chi connectivity index (χ0n) is 11.5. The predicted molar refractivity (Wildman–Crippen MR) is 78.9 cm³/mol. The molecule has 0 saturated heterocycles. The molecule has 0 radical (unpaired) electrons. The lowest BCUT2D eigenvalue weighted by Crippen LogP contribution is -2.50. The Balaban J connectivity index is 2.55. The zero-order valence-corrected chi connectivity index (χ0v) is 12.5. The summed E-state index contributed by atoms with van der Waals surface area (Å²) in [6, 6.07) is 11.1. The van der Waals surface area contributed by atoms with Gasteiger partial charge in [-0.05, 0) is 25.1 Å². The molecular formula is C14H26N2Si. The standard InChI is InChI=1S/C14H26N2Si/c1-12(15)14(16-11-17(2,3)4)10-13-8-6-5-7-9-13/h5-9,12,14,16H,10-11,15H2,1-4H3. The second-order valence-corrected chi connectivity index (χ2v) is 11.6. The van der Waals surface area contributed by atoms with Crippen LogP contribution in [0.3, 0.4) is 0 Å². The minimum atomic E-state index is -1.05. The molecule has 3 heteroatoms. The molecule has 2 nitrogen and oxygen atoms in total. The fraction of sp³-hybridized carbons (Fsp3) is 0.571. The van der Waals surface area contributed by atoms with Crippen molar-refractivity contribution in [1.82, 2.24) is 5.32 Å². The lowest BCUT2D eigenvalue weighted by atomic mass is 10.0. The monoisotopic (exact) mass is 250 g/mol. The van der Waals surface area contributed by atoms with Crippen molar-refractivity contribution in [1.29, 1.82) is 0 Å². The molecule has 0 aliphatic rings. The van der Waals surface area contributed by atoms with E-state index < -0.39 is 8.07 Å². The van der Waals surface area contributed by atoms with Crippen LogP contribution < -0.4 is 11.1 Å². The molecule has 0 aliphatic heterocycles. The molecular weight excluding hydrogens is 224 g/mol. The molecule has 0 amide bonds. The molecule has 0 aliphatic carbocycles. The zero-order chi connectivity index (χ0) is 12.9. The number of hydrogen-bond acceptors (Lipinski definition) is 2. The van der Waals surface area contributed by atoms with Crippen molar-refractivity contribution in [2.75, 3.05) is 6.17 Å². The molecule has 96 valence electrons. The topological polar surface area (TPSA) is 38.0 Å². The number of nitrogens with one attached hydrogen (secondary N) is 1. The Hall–Kier alpha value is -0.643. The van der Waals surface area contributed by atoms with Gasteiger partial charge in [0.25, 0.3) is 0 Å². The second-order valence-electron chi connectivity index (χ2n) is 6.10. The normalized spacial score (nSPS) is 15.6. The minimum Gasteiger partial charge on any atom is -0.327 e. The van der Waals surface area contributed by atoms with Gasteiger partial charge in [0.15, 0.2) is 0 Å². The molecule has 0 saturated carbocycles. The van der Waals surface area contributed by atoms with Crippen LogP contribution in [-0.4, -0.2) is 26.3 Å². The Morgan fingerprint density at radius 2 is 1.76 bits per heavy atom. The van der Waals surface area contributed by atoms with Crippen molar-refractivity contribution in [2.45, 2.75) is 45.1 Å². The van der Waals surface area contributed by atoms with E-state index in [1.807, 2.05) is 0 Å². The fourth-order valence-electron chi connectivity index (χ4n) is 1.75. The SMILES string of the molecule is CC(N)C(Cc1ccccc1)NC[Si](C)(C)C. The van der Waals surface area contributed by atoms with E-state index in [9.17, 15) is 0 Å². The first kappa shape index (κ1) is 14.4. The van der Waals surface area contributed by atoms with Crippen LogP contribution in [0.15, 0.2) is 30.3 Å². The number of hydrogen-bond donors (Lipinski definition) is 2. The van der Waals surface area contributed by atoms with Crippen molar-refractivity contribution in [3.05, 3.63) is 35.9 Å². The van der Waals surface area contributed by atoms with Gasteiger partial charge in [-0.25, -0.2) is 0 Å². The van der Waals surface area contributed by atoms with Gasteiger partial charge in [0, 0.05) is 12.1 Å². The van der Waals surface area contributed by atoms with Crippen LogP contribution in [0.5, 0.6) is 0 Å². The van der Waals surface area contributed by atoms with Crippen LogP contribution in [0.4, 0.5) is 0 Å². The highest BCUT2D eigenvalue weighted by Gasteiger charge is 2.18. The Labute approximate surface area is 107 Å². The maximum atomic E-state index is 6.07. The minimum absolute atomic E-state index is 0.187. The average molecular weight is 250 g/mol. The molecule has 0 fully saturated rings. The molecule has 0 heterocycles. The summed E-state index contributed by atoms with van der Waals surface area (Å²) in [5.41, 5.74) is 7.43. The van der Waals surface area contributed by atoms with Crippen LogP contribution in [0.1, 0.15) is 12.5 Å². The fourth-order valence-corrected chi connectivity index (χ4v) is 2.62. The summed E-state index contributed by atoms with van der Waals surface area (Å²) < 4.78 is 0. The van der Waals surface area contributed by atoms with Crippen LogP contribution in [-0.2, 0) is 6.42 Å². The highest BCUT2D eigenvalue weighted by molar-refractivity contribution is 6.76. The van der Waals surface area contributed by atoms with Gasteiger partial charge in [0.05, 0.1) is 8.07 Å². The third kappa shape index (κ3) is 6.01. The van der Waals surface area contributed by atoms with Gasteiger partial charge in [0.2, 0.25) is 0 Å². The molecule has 1 aromatic rings. The van der Waals surface area contributed by atoms with Gasteiger partial charge >= 0.3 is 0 Å². The van der Waals surface area contributed by atoms with Crippen molar-refractivity contribution < 1.29 is 0 Å². The smallest absolute Gasteiger partial charge is 0.0596 e. The van der Waals surface area contributed by atoms with E-state index in [0.29, 0.717) is 6.04 Å². The average Bonchev–Trinajstić information content (AvgIpc) is 2.24. The molecule has 17 heavy (non-hydrogen) atoms. The summed E-state index contributed by atoms with van der Waals surface area (Å²) in [4.78, 5) is 0. The van der Waals surface area contributed by atoms with E-state index in [4.69, 9.17) is 5.73 Å². The molecule has 0 bridgehead atoms. The first-order valence-corrected chi connectivity index (χ1v) is 10.1. The lowest BCUT2D eigenvalue weighted by molar-refractivity contribution is 0.469. The Bertz CT molecular complexity index is 317. The molecule has 1 rings (SSSR count). The van der Waals surface area contributed by atoms with Gasteiger partial charge in [-0.2, -0.15) is 0 Å². The summed E-state index contributed by atoms with van der Waals surface area (Å²) in [7, 11) is -1.05. The summed E-state index contributed by atoms with van der Waals surface area (Å²) in [6.45, 7) is 9.22. The third-order valence-electron chi connectivity index (χ3n) is 2.83. The van der Waals surface area contributed by atoms with Gasteiger partial charge in [-0.3, -0.25) is 0 Å². The van der Waals surface area contributed by atoms with Gasteiger partial charge < -0.3 is 11.1 Å². The Kier molecular flexibility index (Phi) is 5.37. The van der Waals surface area contributed by atoms with Crippen molar-refractivity contribution >= 4 is 8.07 Å². The van der Waals surface area contributed by atoms with Gasteiger partial charge in [-0.15, -0.1) is 0 Å². The summed E-state index contributed by atoms with van der Waals surface area (Å²) in [6.07, 6.45) is 2.15. The Morgan fingerprint density at radius 3 is 2.24 bits per heavy atom. The highest BCUT2D eigenvalue weighted by atomic mass is 28.3. The maximum absolute atomic E-state index is 6.07. The summed E-state index contributed by atoms with van der Waals surface area (Å²) >= 11 is 0. The predicted octanol–water partition coefficient (Wildman–Crippen LogP) is 2.41. The summed E-state index contributed by atoms with van der Waals surface area (Å²) in [5.74, 6) is 0. The van der Waals surface area contributed by atoms with Crippen LogP contribution >= 0.6 is 0 Å². The van der Waals surface area contributed by atoms with E-state index in [0.717, 1.165) is 12.6 Å². The molecule has 0 aromatic heterocycles. The maximum Gasteiger partial charge on any atom is 0.0596 e. The Morgan fingerprint density at radius 1 is 1.18 bits per heavy atom. The van der Waals surface area contributed by atoms with E-state index in [-0.39, 0.29) is 6.04 Å². The van der Waals surface area contributed by atoms with Crippen LogP contribution in [0.2, 0.25) is 19.6 Å². The van der Waals surface area contributed by atoms with E-state index in [1.165, 1.54) is 5.56 Å². The first-order chi connectivity index (χ1) is 7.88. The largest absolute Gasteiger partial charge is 0.327 e. The number of rotatable bonds is 6. The van der Waals surface area contributed by atoms with Crippen molar-refractivity contribution in [3.63, 3.8) is 0 Å². The highest BCUT2D eigenvalue weighted by Crippen LogP contribution is 2.06. The number of benzene rings is 1. The summed E-state index contributed by atoms with van der Waals surface area (Å²) in [5, 5.41) is 3.64. The van der Waals surface area contributed by atoms with Gasteiger partial charge in [0.1, 0.15) is 0 Å². The van der Waals surface area contributed by atoms with Crippen molar-refractivity contribution in [2.24, 2.45) is 5.73 Å². The van der Waals surface area contributed by atoms with Crippen LogP contribution in [0, 0.1) is 0 Å². The first-order valence-electron chi connectivity index (χ1n) is 6.41. The van der Waals surface area contributed by atoms with E-state index in [1.54, 1.807) is 0 Å². The van der Waals surface area contributed by atoms with E-state index >= 15 is 0 Å². The van der Waals surface area contributed by atoms with Crippen LogP contribution in [0.25, 0.3) is 0 Å². The molecule has 3 N–H and O–H groups in total. The third-order valence-corrected chi connectivity index (χ3v) is 4.09. The quantitative estimate of drug-likeness (QED) is 0.761. The van der Waals surface area contributed by atoms with E-state index in [2.05, 4.69) is 62.2 Å². The van der Waals surface area contributed by atoms with Gasteiger partial charge in [-0.1, -0.05) is 50.0 Å². The lowest BCUT2D eigenvalue weighted by Gasteiger charge is -2.26. The van der Waals surface area contributed by atoms with Crippen molar-refractivity contribution in [3.8, 4) is 0 Å². The molecule has 2 unspecified atom stereocenters. The number of nitrogens with two attached hydrogens (primary N) is 1. The second kappa shape index (κ2) is 6.33.